The number of para-hydroxylation sites is 1. The summed E-state index contributed by atoms with van der Waals surface area (Å²) in [7, 11) is 1.45. The average molecular weight is 420 g/mol. The van der Waals surface area contributed by atoms with E-state index in [9.17, 15) is 18.8 Å². The molecule has 7 nitrogen and oxygen atoms in total. The van der Waals surface area contributed by atoms with Crippen molar-refractivity contribution in [1.29, 1.82) is 0 Å². The molecule has 0 aliphatic rings. The normalized spacial score (nSPS) is 11.1. The summed E-state index contributed by atoms with van der Waals surface area (Å²) in [6, 6.07) is 14.5. The van der Waals surface area contributed by atoms with Gasteiger partial charge in [-0.3, -0.25) is 18.7 Å². The van der Waals surface area contributed by atoms with Crippen molar-refractivity contribution in [2.24, 2.45) is 7.05 Å². The molecular weight excluding hydrogens is 399 g/mol. The molecule has 0 saturated heterocycles. The smallest absolute Gasteiger partial charge is 0.337 e. The van der Waals surface area contributed by atoms with E-state index in [1.54, 1.807) is 13.0 Å². The minimum absolute atomic E-state index is 0.0203. The van der Waals surface area contributed by atoms with Gasteiger partial charge in [0.1, 0.15) is 16.9 Å². The molecule has 4 rings (SSSR count). The number of benzene rings is 2. The number of fused-ring (bicyclic) bond motifs is 1. The van der Waals surface area contributed by atoms with E-state index in [0.29, 0.717) is 5.69 Å². The van der Waals surface area contributed by atoms with Crippen LogP contribution in [0.4, 0.5) is 15.8 Å². The Morgan fingerprint density at radius 2 is 1.68 bits per heavy atom. The second-order valence-corrected chi connectivity index (χ2v) is 7.26. The van der Waals surface area contributed by atoms with Crippen molar-refractivity contribution in [2.75, 3.05) is 5.32 Å². The number of hydrogen-bond acceptors (Lipinski definition) is 4. The molecule has 8 heteroatoms. The molecule has 0 radical (unpaired) electrons. The van der Waals surface area contributed by atoms with E-state index in [2.05, 4.69) is 5.32 Å². The number of hydrogen-bond donors (Lipinski definition) is 1. The Morgan fingerprint density at radius 3 is 2.32 bits per heavy atom. The second kappa shape index (κ2) is 7.71. The van der Waals surface area contributed by atoms with Gasteiger partial charge in [0.15, 0.2) is 0 Å². The molecule has 0 fully saturated rings. The third-order valence-corrected chi connectivity index (χ3v) is 5.24. The van der Waals surface area contributed by atoms with Crippen LogP contribution < -0.4 is 22.1 Å². The number of aryl methyl sites for hydroxylation is 2. The highest BCUT2D eigenvalue weighted by atomic mass is 19.1. The molecule has 2 heterocycles. The van der Waals surface area contributed by atoms with Crippen LogP contribution in [0.1, 0.15) is 12.5 Å². The monoisotopic (exact) mass is 420 g/mol. The first-order chi connectivity index (χ1) is 14.8. The van der Waals surface area contributed by atoms with Crippen LogP contribution in [0.5, 0.6) is 0 Å². The molecule has 2 aromatic heterocycles. The maximum Gasteiger partial charge on any atom is 0.337 e. The van der Waals surface area contributed by atoms with Gasteiger partial charge in [-0.15, -0.1) is 0 Å². The van der Waals surface area contributed by atoms with E-state index in [4.69, 9.17) is 0 Å². The van der Waals surface area contributed by atoms with Crippen molar-refractivity contribution in [1.82, 2.24) is 13.7 Å². The number of nitrogens with one attached hydrogen (secondary N) is 1. The lowest BCUT2D eigenvalue weighted by Gasteiger charge is -2.18. The summed E-state index contributed by atoms with van der Waals surface area (Å²) < 4.78 is 18.0. The molecule has 0 spiro atoms. The lowest BCUT2D eigenvalue weighted by Crippen LogP contribution is -2.41. The molecule has 0 unspecified atom stereocenters. The van der Waals surface area contributed by atoms with Gasteiger partial charge in [0, 0.05) is 25.3 Å². The van der Waals surface area contributed by atoms with Gasteiger partial charge in [-0.25, -0.2) is 13.8 Å². The third-order valence-electron chi connectivity index (χ3n) is 5.24. The van der Waals surface area contributed by atoms with Crippen LogP contribution in [0.25, 0.3) is 16.7 Å². The fourth-order valence-corrected chi connectivity index (χ4v) is 3.61. The fourth-order valence-electron chi connectivity index (χ4n) is 3.61. The Hall–Kier alpha value is -3.94. The summed E-state index contributed by atoms with van der Waals surface area (Å²) in [6.07, 6.45) is 0. The Morgan fingerprint density at radius 1 is 1.00 bits per heavy atom. The van der Waals surface area contributed by atoms with Gasteiger partial charge < -0.3 is 5.32 Å². The standard InChI is InChI=1S/C23H21FN4O3/c1-4-27-22(30)20-17(25-15-11-9-14(2)10-12-15)13-19(29)26(3)21(20)28(23(27)31)18-8-6-5-7-16(18)24/h5-13,25H,4H2,1-3H3. The lowest BCUT2D eigenvalue weighted by molar-refractivity contribution is 0.601. The van der Waals surface area contributed by atoms with Gasteiger partial charge in [-0.2, -0.15) is 0 Å². The van der Waals surface area contributed by atoms with Crippen LogP contribution in [0, 0.1) is 12.7 Å². The SMILES string of the molecule is CCn1c(=O)c2c(Nc3ccc(C)cc3)cc(=O)n(C)c2n(-c2ccccc2F)c1=O. The first kappa shape index (κ1) is 20.3. The highest BCUT2D eigenvalue weighted by molar-refractivity contribution is 5.91. The van der Waals surface area contributed by atoms with Gasteiger partial charge in [0.05, 0.1) is 11.4 Å². The predicted molar refractivity (Wildman–Crippen MR) is 119 cm³/mol. The maximum absolute atomic E-state index is 14.7. The average Bonchev–Trinajstić information content (AvgIpc) is 2.74. The molecular formula is C23H21FN4O3. The van der Waals surface area contributed by atoms with Crippen LogP contribution in [0.2, 0.25) is 0 Å². The quantitative estimate of drug-likeness (QED) is 0.551. The van der Waals surface area contributed by atoms with Gasteiger partial charge in [0.25, 0.3) is 11.1 Å². The first-order valence-corrected chi connectivity index (χ1v) is 9.81. The van der Waals surface area contributed by atoms with E-state index in [-0.39, 0.29) is 29.0 Å². The molecule has 0 aliphatic carbocycles. The van der Waals surface area contributed by atoms with Gasteiger partial charge in [-0.1, -0.05) is 29.8 Å². The van der Waals surface area contributed by atoms with Crippen LogP contribution >= 0.6 is 0 Å². The fraction of sp³-hybridized carbons (Fsp3) is 0.174. The Labute approximate surface area is 176 Å². The van der Waals surface area contributed by atoms with E-state index in [1.807, 2.05) is 31.2 Å². The van der Waals surface area contributed by atoms with E-state index < -0.39 is 22.6 Å². The first-order valence-electron chi connectivity index (χ1n) is 9.81. The molecule has 2 aromatic carbocycles. The zero-order valence-electron chi connectivity index (χ0n) is 17.3. The largest absolute Gasteiger partial charge is 0.355 e. The van der Waals surface area contributed by atoms with E-state index in [0.717, 1.165) is 14.7 Å². The lowest BCUT2D eigenvalue weighted by atomic mass is 10.2. The highest BCUT2D eigenvalue weighted by Crippen LogP contribution is 2.24. The number of pyridine rings is 1. The number of nitrogens with zero attached hydrogens (tertiary/aromatic N) is 3. The zero-order valence-corrected chi connectivity index (χ0v) is 17.3. The molecule has 0 aliphatic heterocycles. The Kier molecular flexibility index (Phi) is 5.06. The van der Waals surface area contributed by atoms with E-state index in [1.165, 1.54) is 35.9 Å². The van der Waals surface area contributed by atoms with Gasteiger partial charge in [0.2, 0.25) is 0 Å². The highest BCUT2D eigenvalue weighted by Gasteiger charge is 2.21. The van der Waals surface area contributed by atoms with Crippen molar-refractivity contribution >= 4 is 22.4 Å². The third kappa shape index (κ3) is 3.35. The number of rotatable bonds is 4. The molecule has 0 atom stereocenters. The van der Waals surface area contributed by atoms with Crippen LogP contribution in [0.15, 0.2) is 69.0 Å². The summed E-state index contributed by atoms with van der Waals surface area (Å²) in [5.41, 5.74) is 0.244. The summed E-state index contributed by atoms with van der Waals surface area (Å²) in [4.78, 5) is 39.2. The van der Waals surface area contributed by atoms with Crippen LogP contribution in [0.3, 0.4) is 0 Å². The summed E-state index contributed by atoms with van der Waals surface area (Å²) in [5, 5.41) is 3.23. The zero-order chi connectivity index (χ0) is 22.3. The van der Waals surface area contributed by atoms with Crippen molar-refractivity contribution in [3.05, 3.63) is 97.2 Å². The van der Waals surface area contributed by atoms with Crippen molar-refractivity contribution in [3.63, 3.8) is 0 Å². The summed E-state index contributed by atoms with van der Waals surface area (Å²) >= 11 is 0. The van der Waals surface area contributed by atoms with Crippen molar-refractivity contribution in [2.45, 2.75) is 20.4 Å². The van der Waals surface area contributed by atoms with Crippen molar-refractivity contribution < 1.29 is 4.39 Å². The topological polar surface area (TPSA) is 78.0 Å². The molecule has 0 saturated carbocycles. The van der Waals surface area contributed by atoms with Gasteiger partial charge in [-0.05, 0) is 38.1 Å². The Balaban J connectivity index is 2.17. The van der Waals surface area contributed by atoms with Crippen LogP contribution in [-0.2, 0) is 13.6 Å². The van der Waals surface area contributed by atoms with Crippen LogP contribution in [-0.4, -0.2) is 13.7 Å². The number of halogens is 1. The van der Waals surface area contributed by atoms with Gasteiger partial charge >= 0.3 is 5.69 Å². The van der Waals surface area contributed by atoms with Crippen molar-refractivity contribution in [3.8, 4) is 5.69 Å². The summed E-state index contributed by atoms with van der Waals surface area (Å²) in [5.74, 6) is -0.642. The second-order valence-electron chi connectivity index (χ2n) is 7.26. The Bertz CT molecular complexity index is 1480. The maximum atomic E-state index is 14.7. The molecule has 1 N–H and O–H groups in total. The molecule has 31 heavy (non-hydrogen) atoms. The predicted octanol–water partition coefficient (Wildman–Crippen LogP) is 3.06. The molecule has 0 bridgehead atoms. The number of anilines is 2. The molecule has 4 aromatic rings. The molecule has 0 amide bonds. The van der Waals surface area contributed by atoms with E-state index >= 15 is 0 Å². The number of aromatic nitrogens is 3. The minimum atomic E-state index is -0.715. The minimum Gasteiger partial charge on any atom is -0.355 e. The molecule has 158 valence electrons. The summed E-state index contributed by atoms with van der Waals surface area (Å²) in [6.45, 7) is 3.70.